The van der Waals surface area contributed by atoms with Crippen LogP contribution in [0.15, 0.2) is 17.5 Å². The first-order valence-corrected chi connectivity index (χ1v) is 7.14. The average molecular weight is 284 g/mol. The third kappa shape index (κ3) is 4.55. The van der Waals surface area contributed by atoms with Crippen molar-refractivity contribution in [1.29, 1.82) is 0 Å². The van der Waals surface area contributed by atoms with Gasteiger partial charge in [0.2, 0.25) is 0 Å². The highest BCUT2D eigenvalue weighted by Gasteiger charge is 2.25. The van der Waals surface area contributed by atoms with Crippen LogP contribution in [0.5, 0.6) is 0 Å². The van der Waals surface area contributed by atoms with Gasteiger partial charge in [-0.15, -0.1) is 11.3 Å². The first-order chi connectivity index (χ1) is 8.95. The summed E-state index contributed by atoms with van der Waals surface area (Å²) >= 11 is 1.58. The topological polar surface area (TPSA) is 69.6 Å². The van der Waals surface area contributed by atoms with Gasteiger partial charge >= 0.3 is 12.0 Å². The molecule has 0 aromatic carbocycles. The van der Waals surface area contributed by atoms with Crippen molar-refractivity contribution in [2.45, 2.75) is 33.4 Å². The van der Waals surface area contributed by atoms with Crippen molar-refractivity contribution in [2.75, 3.05) is 6.54 Å². The van der Waals surface area contributed by atoms with Crippen molar-refractivity contribution >= 4 is 23.3 Å². The number of carbonyl (C=O) groups excluding carboxylic acids is 1. The van der Waals surface area contributed by atoms with Gasteiger partial charge in [-0.3, -0.25) is 0 Å². The van der Waals surface area contributed by atoms with E-state index < -0.39 is 12.0 Å². The van der Waals surface area contributed by atoms with Crippen molar-refractivity contribution in [1.82, 2.24) is 10.2 Å². The summed E-state index contributed by atoms with van der Waals surface area (Å²) in [4.78, 5) is 25.8. The number of urea groups is 1. The monoisotopic (exact) mass is 284 g/mol. The fourth-order valence-corrected chi connectivity index (χ4v) is 2.38. The molecule has 5 nitrogen and oxygen atoms in total. The molecule has 1 rings (SSSR count). The van der Waals surface area contributed by atoms with Crippen LogP contribution < -0.4 is 5.32 Å². The molecule has 1 heterocycles. The summed E-state index contributed by atoms with van der Waals surface area (Å²) in [6, 6.07) is 2.69. The lowest BCUT2D eigenvalue weighted by Crippen LogP contribution is -2.49. The molecule has 0 aliphatic heterocycles. The molecule has 6 heteroatoms. The molecule has 0 saturated carbocycles. The number of nitrogens with one attached hydrogen (secondary N) is 1. The Hall–Kier alpha value is -1.56. The minimum absolute atomic E-state index is 0.151. The molecule has 0 aliphatic carbocycles. The Balaban J connectivity index is 2.65. The Morgan fingerprint density at radius 1 is 1.47 bits per heavy atom. The zero-order valence-corrected chi connectivity index (χ0v) is 12.2. The van der Waals surface area contributed by atoms with Crippen LogP contribution in [0.1, 0.15) is 25.6 Å². The van der Waals surface area contributed by atoms with E-state index >= 15 is 0 Å². The number of hydrogen-bond donors (Lipinski definition) is 2. The van der Waals surface area contributed by atoms with Crippen LogP contribution in [0.4, 0.5) is 4.79 Å². The number of carbonyl (C=O) groups is 2. The number of aliphatic carboxylic acids is 1. The first kappa shape index (κ1) is 15.5. The Morgan fingerprint density at radius 3 is 2.58 bits per heavy atom. The molecule has 1 atom stereocenters. The van der Waals surface area contributed by atoms with Crippen LogP contribution in [-0.4, -0.2) is 34.6 Å². The Kier molecular flexibility index (Phi) is 5.82. The number of rotatable bonds is 6. The number of amides is 2. The number of nitrogens with zero attached hydrogens (tertiary/aromatic N) is 1. The van der Waals surface area contributed by atoms with E-state index in [4.69, 9.17) is 5.11 Å². The van der Waals surface area contributed by atoms with Crippen molar-refractivity contribution in [2.24, 2.45) is 5.92 Å². The van der Waals surface area contributed by atoms with Crippen LogP contribution in [0.25, 0.3) is 0 Å². The maximum atomic E-state index is 12.1. The van der Waals surface area contributed by atoms with Gasteiger partial charge in [-0.1, -0.05) is 19.9 Å². The smallest absolute Gasteiger partial charge is 0.326 e. The van der Waals surface area contributed by atoms with Crippen LogP contribution >= 0.6 is 11.3 Å². The number of hydrogen-bond acceptors (Lipinski definition) is 3. The summed E-state index contributed by atoms with van der Waals surface area (Å²) in [7, 11) is 0. The molecule has 19 heavy (non-hydrogen) atoms. The van der Waals surface area contributed by atoms with E-state index in [2.05, 4.69) is 5.32 Å². The fourth-order valence-electron chi connectivity index (χ4n) is 1.66. The Labute approximate surface area is 117 Å². The lowest BCUT2D eigenvalue weighted by atomic mass is 10.1. The molecule has 0 bridgehead atoms. The van der Waals surface area contributed by atoms with Gasteiger partial charge < -0.3 is 15.3 Å². The molecule has 0 radical (unpaired) electrons. The van der Waals surface area contributed by atoms with Crippen molar-refractivity contribution in [3.63, 3.8) is 0 Å². The van der Waals surface area contributed by atoms with E-state index in [1.165, 1.54) is 0 Å². The van der Waals surface area contributed by atoms with Gasteiger partial charge in [0, 0.05) is 11.4 Å². The first-order valence-electron chi connectivity index (χ1n) is 6.26. The predicted octanol–water partition coefficient (Wildman–Crippen LogP) is 2.39. The highest BCUT2D eigenvalue weighted by Crippen LogP contribution is 2.12. The average Bonchev–Trinajstić information content (AvgIpc) is 2.84. The van der Waals surface area contributed by atoms with E-state index in [1.54, 1.807) is 30.1 Å². The Bertz CT molecular complexity index is 418. The molecule has 1 aromatic rings. The molecule has 0 aliphatic rings. The number of carboxylic acids is 1. The van der Waals surface area contributed by atoms with Gasteiger partial charge in [0.1, 0.15) is 6.04 Å². The van der Waals surface area contributed by atoms with E-state index in [0.717, 1.165) is 4.88 Å². The second-order valence-corrected chi connectivity index (χ2v) is 5.64. The van der Waals surface area contributed by atoms with Crippen LogP contribution in [0.2, 0.25) is 0 Å². The molecule has 0 saturated heterocycles. The summed E-state index contributed by atoms with van der Waals surface area (Å²) in [6.07, 6.45) is 0. The SMILES string of the molecule is CCN(Cc1cccs1)C(=O)N[C@H](C(=O)O)C(C)C. The second-order valence-electron chi connectivity index (χ2n) is 4.60. The van der Waals surface area contributed by atoms with Gasteiger partial charge in [0.15, 0.2) is 0 Å². The summed E-state index contributed by atoms with van der Waals surface area (Å²) in [5.74, 6) is -1.16. The molecular formula is C13H20N2O3S. The zero-order valence-electron chi connectivity index (χ0n) is 11.4. The molecule has 106 valence electrons. The second kappa shape index (κ2) is 7.13. The molecular weight excluding hydrogens is 264 g/mol. The minimum Gasteiger partial charge on any atom is -0.480 e. The minimum atomic E-state index is -1.00. The lowest BCUT2D eigenvalue weighted by molar-refractivity contribution is -0.140. The molecule has 0 fully saturated rings. The van der Waals surface area contributed by atoms with Gasteiger partial charge in [0.25, 0.3) is 0 Å². The highest BCUT2D eigenvalue weighted by molar-refractivity contribution is 7.09. The molecule has 0 spiro atoms. The third-order valence-electron chi connectivity index (χ3n) is 2.81. The standard InChI is InChI=1S/C13H20N2O3S/c1-4-15(8-10-6-5-7-19-10)13(18)14-11(9(2)3)12(16)17/h5-7,9,11H,4,8H2,1-3H3,(H,14,18)(H,16,17)/t11-/m0/s1. The van der Waals surface area contributed by atoms with Gasteiger partial charge in [0.05, 0.1) is 6.54 Å². The van der Waals surface area contributed by atoms with Gasteiger partial charge in [-0.2, -0.15) is 0 Å². The fraction of sp³-hybridized carbons (Fsp3) is 0.538. The van der Waals surface area contributed by atoms with E-state index in [-0.39, 0.29) is 11.9 Å². The maximum Gasteiger partial charge on any atom is 0.326 e. The van der Waals surface area contributed by atoms with Crippen molar-refractivity contribution < 1.29 is 14.7 Å². The van der Waals surface area contributed by atoms with Crippen LogP contribution in [-0.2, 0) is 11.3 Å². The molecule has 2 amide bonds. The largest absolute Gasteiger partial charge is 0.480 e. The van der Waals surface area contributed by atoms with Crippen molar-refractivity contribution in [3.05, 3.63) is 22.4 Å². The van der Waals surface area contributed by atoms with Crippen LogP contribution in [0, 0.1) is 5.92 Å². The van der Waals surface area contributed by atoms with Gasteiger partial charge in [-0.05, 0) is 24.3 Å². The van der Waals surface area contributed by atoms with Gasteiger partial charge in [-0.25, -0.2) is 9.59 Å². The molecule has 2 N–H and O–H groups in total. The number of thiophene rings is 1. The molecule has 0 unspecified atom stereocenters. The predicted molar refractivity (Wildman–Crippen MR) is 75.2 cm³/mol. The lowest BCUT2D eigenvalue weighted by Gasteiger charge is -2.25. The maximum absolute atomic E-state index is 12.1. The summed E-state index contributed by atoms with van der Waals surface area (Å²) in [6.45, 7) is 6.46. The quantitative estimate of drug-likeness (QED) is 0.842. The highest BCUT2D eigenvalue weighted by atomic mass is 32.1. The van der Waals surface area contributed by atoms with E-state index in [1.807, 2.05) is 24.4 Å². The van der Waals surface area contributed by atoms with E-state index in [0.29, 0.717) is 13.1 Å². The summed E-state index contributed by atoms with van der Waals surface area (Å²) < 4.78 is 0. The third-order valence-corrected chi connectivity index (χ3v) is 3.67. The van der Waals surface area contributed by atoms with Crippen LogP contribution in [0.3, 0.4) is 0 Å². The summed E-state index contributed by atoms with van der Waals surface area (Å²) in [5, 5.41) is 13.6. The normalized spacial score (nSPS) is 12.2. The Morgan fingerprint density at radius 2 is 2.16 bits per heavy atom. The summed E-state index contributed by atoms with van der Waals surface area (Å²) in [5.41, 5.74) is 0. The van der Waals surface area contributed by atoms with E-state index in [9.17, 15) is 9.59 Å². The zero-order chi connectivity index (χ0) is 14.4. The number of carboxylic acid groups (broad SMARTS) is 1. The molecule has 1 aromatic heterocycles. The van der Waals surface area contributed by atoms with Crippen molar-refractivity contribution in [3.8, 4) is 0 Å².